The van der Waals surface area contributed by atoms with Gasteiger partial charge in [0.05, 0.1) is 13.4 Å². The highest BCUT2D eigenvalue weighted by molar-refractivity contribution is 5.93. The zero-order valence-electron chi connectivity index (χ0n) is 14.9. The largest absolute Gasteiger partial charge is 0.492 e. The molecule has 0 bridgehead atoms. The number of benzene rings is 1. The van der Waals surface area contributed by atoms with Crippen molar-refractivity contribution in [3.63, 3.8) is 0 Å². The third-order valence-corrected chi connectivity index (χ3v) is 4.92. The lowest BCUT2D eigenvalue weighted by atomic mass is 9.88. The highest BCUT2D eigenvalue weighted by atomic mass is 16.7. The van der Waals surface area contributed by atoms with Crippen molar-refractivity contribution in [1.29, 1.82) is 0 Å². The van der Waals surface area contributed by atoms with Gasteiger partial charge in [-0.3, -0.25) is 9.69 Å². The van der Waals surface area contributed by atoms with Crippen LogP contribution in [0.1, 0.15) is 29.3 Å². The number of carbonyl (C=O) groups excluding carboxylic acids is 1. The number of ether oxygens (including phenoxy) is 3. The van der Waals surface area contributed by atoms with Crippen molar-refractivity contribution in [2.45, 2.75) is 18.9 Å². The molecule has 0 radical (unpaired) electrons. The molecular weight excluding hydrogens is 334 g/mol. The molecule has 1 aromatic heterocycles. The van der Waals surface area contributed by atoms with Gasteiger partial charge in [0.25, 0.3) is 0 Å². The monoisotopic (exact) mass is 355 g/mol. The average molecular weight is 355 g/mol. The van der Waals surface area contributed by atoms with Gasteiger partial charge in [0, 0.05) is 24.6 Å². The standard InChI is InChI=1S/C20H21NO5/c1-21-8-7-13-10-17-19(26-12-25-17)20(23-2)18(13)16(21)11-14(22)5-6-15-4-3-9-24-15/h3-6,9-10,16H,7-8,11-12H2,1-2H3/t16-/m0/s1. The predicted octanol–water partition coefficient (Wildman–Crippen LogP) is 3.22. The minimum Gasteiger partial charge on any atom is -0.492 e. The van der Waals surface area contributed by atoms with Crippen LogP contribution in [0.15, 0.2) is 35.0 Å². The number of furan rings is 1. The van der Waals surface area contributed by atoms with Gasteiger partial charge in [-0.25, -0.2) is 0 Å². The molecule has 3 heterocycles. The van der Waals surface area contributed by atoms with Crippen molar-refractivity contribution in [2.75, 3.05) is 27.5 Å². The van der Waals surface area contributed by atoms with Crippen LogP contribution in [-0.4, -0.2) is 38.2 Å². The van der Waals surface area contributed by atoms with E-state index in [2.05, 4.69) is 4.90 Å². The van der Waals surface area contributed by atoms with E-state index < -0.39 is 0 Å². The van der Waals surface area contributed by atoms with Gasteiger partial charge in [-0.05, 0) is 49.4 Å². The van der Waals surface area contributed by atoms with Gasteiger partial charge in [-0.2, -0.15) is 0 Å². The van der Waals surface area contributed by atoms with Crippen LogP contribution in [0.4, 0.5) is 0 Å². The number of ketones is 1. The number of fused-ring (bicyclic) bond motifs is 2. The second-order valence-corrected chi connectivity index (χ2v) is 6.48. The minimum absolute atomic E-state index is 0.0332. The lowest BCUT2D eigenvalue weighted by molar-refractivity contribution is -0.115. The summed E-state index contributed by atoms with van der Waals surface area (Å²) in [5, 5.41) is 0. The summed E-state index contributed by atoms with van der Waals surface area (Å²) in [6.07, 6.45) is 6.09. The van der Waals surface area contributed by atoms with Crippen molar-refractivity contribution in [2.24, 2.45) is 0 Å². The molecule has 6 nitrogen and oxygen atoms in total. The van der Waals surface area contributed by atoms with Crippen molar-refractivity contribution < 1.29 is 23.4 Å². The van der Waals surface area contributed by atoms with Crippen LogP contribution >= 0.6 is 0 Å². The predicted molar refractivity (Wildman–Crippen MR) is 95.6 cm³/mol. The normalized spacial score (nSPS) is 18.9. The molecule has 1 aromatic carbocycles. The quantitative estimate of drug-likeness (QED) is 0.768. The zero-order valence-corrected chi connectivity index (χ0v) is 14.9. The van der Waals surface area contributed by atoms with Gasteiger partial charge in [0.15, 0.2) is 17.3 Å². The Bertz CT molecular complexity index is 840. The molecule has 6 heteroatoms. The maximum absolute atomic E-state index is 12.5. The second-order valence-electron chi connectivity index (χ2n) is 6.48. The lowest BCUT2D eigenvalue weighted by Gasteiger charge is -2.35. The van der Waals surface area contributed by atoms with Gasteiger partial charge < -0.3 is 18.6 Å². The van der Waals surface area contributed by atoms with Crippen molar-refractivity contribution in [3.8, 4) is 17.2 Å². The maximum Gasteiger partial charge on any atom is 0.231 e. The van der Waals surface area contributed by atoms with Crippen LogP contribution in [0.3, 0.4) is 0 Å². The fraction of sp³-hybridized carbons (Fsp3) is 0.350. The number of hydrogen-bond acceptors (Lipinski definition) is 6. The first kappa shape index (κ1) is 16.7. The van der Waals surface area contributed by atoms with E-state index in [1.54, 1.807) is 31.6 Å². The van der Waals surface area contributed by atoms with Crippen LogP contribution in [-0.2, 0) is 11.2 Å². The molecule has 0 fully saturated rings. The second kappa shape index (κ2) is 6.88. The molecule has 2 aliphatic rings. The third kappa shape index (κ3) is 2.97. The Morgan fingerprint density at radius 2 is 2.31 bits per heavy atom. The molecule has 2 aliphatic heterocycles. The first-order valence-corrected chi connectivity index (χ1v) is 8.61. The van der Waals surface area contributed by atoms with Gasteiger partial charge in [-0.15, -0.1) is 0 Å². The van der Waals surface area contributed by atoms with E-state index in [1.165, 1.54) is 0 Å². The van der Waals surface area contributed by atoms with Crippen LogP contribution < -0.4 is 14.2 Å². The molecule has 4 rings (SSSR count). The molecular formula is C20H21NO5. The first-order chi connectivity index (χ1) is 12.7. The molecule has 0 unspecified atom stereocenters. The molecule has 0 amide bonds. The number of allylic oxidation sites excluding steroid dienone is 1. The van der Waals surface area contributed by atoms with Crippen LogP contribution in [0.5, 0.6) is 17.2 Å². The number of carbonyl (C=O) groups is 1. The smallest absolute Gasteiger partial charge is 0.231 e. The Labute approximate surface area is 151 Å². The fourth-order valence-electron chi connectivity index (χ4n) is 3.60. The van der Waals surface area contributed by atoms with Gasteiger partial charge in [-0.1, -0.05) is 0 Å². The molecule has 0 spiro atoms. The van der Waals surface area contributed by atoms with E-state index in [1.807, 2.05) is 19.2 Å². The Morgan fingerprint density at radius 3 is 3.08 bits per heavy atom. The summed E-state index contributed by atoms with van der Waals surface area (Å²) in [5.41, 5.74) is 2.17. The highest BCUT2D eigenvalue weighted by Crippen LogP contribution is 2.50. The van der Waals surface area contributed by atoms with Gasteiger partial charge in [0.1, 0.15) is 5.76 Å². The van der Waals surface area contributed by atoms with Crippen LogP contribution in [0.2, 0.25) is 0 Å². The summed E-state index contributed by atoms with van der Waals surface area (Å²) in [6, 6.07) is 5.55. The average Bonchev–Trinajstić information content (AvgIpc) is 3.32. The summed E-state index contributed by atoms with van der Waals surface area (Å²) >= 11 is 0. The van der Waals surface area contributed by atoms with E-state index in [9.17, 15) is 4.79 Å². The fourth-order valence-corrected chi connectivity index (χ4v) is 3.60. The van der Waals surface area contributed by atoms with Gasteiger partial charge >= 0.3 is 0 Å². The van der Waals surface area contributed by atoms with Gasteiger partial charge in [0.2, 0.25) is 12.5 Å². The van der Waals surface area contributed by atoms with Crippen LogP contribution in [0.25, 0.3) is 6.08 Å². The molecule has 0 aliphatic carbocycles. The summed E-state index contributed by atoms with van der Waals surface area (Å²) in [6.45, 7) is 1.07. The Balaban J connectivity index is 1.64. The van der Waals surface area contributed by atoms with E-state index in [0.717, 1.165) is 24.1 Å². The molecule has 1 atom stereocenters. The lowest BCUT2D eigenvalue weighted by Crippen LogP contribution is -2.33. The Kier molecular flexibility index (Phi) is 4.42. The number of likely N-dealkylation sites (N-methyl/N-ethyl adjacent to an activating group) is 1. The number of hydrogen-bond donors (Lipinski definition) is 0. The molecule has 2 aromatic rings. The Morgan fingerprint density at radius 1 is 1.42 bits per heavy atom. The SMILES string of the molecule is COc1c2c(cc3c1[C@H](CC(=O)C=Cc1ccco1)N(C)CC3)OCO2. The molecule has 136 valence electrons. The molecule has 0 saturated carbocycles. The number of nitrogens with zero attached hydrogens (tertiary/aromatic N) is 1. The molecule has 26 heavy (non-hydrogen) atoms. The molecule has 0 saturated heterocycles. The minimum atomic E-state index is -0.0723. The summed E-state index contributed by atoms with van der Waals surface area (Å²) < 4.78 is 22.0. The van der Waals surface area contributed by atoms with E-state index in [-0.39, 0.29) is 18.6 Å². The number of methoxy groups -OCH3 is 1. The topological polar surface area (TPSA) is 61.1 Å². The zero-order chi connectivity index (χ0) is 18.1. The maximum atomic E-state index is 12.5. The third-order valence-electron chi connectivity index (χ3n) is 4.92. The van der Waals surface area contributed by atoms with E-state index in [4.69, 9.17) is 18.6 Å². The van der Waals surface area contributed by atoms with E-state index in [0.29, 0.717) is 29.4 Å². The van der Waals surface area contributed by atoms with Crippen molar-refractivity contribution in [3.05, 3.63) is 47.4 Å². The van der Waals surface area contributed by atoms with Crippen molar-refractivity contribution >= 4 is 11.9 Å². The Hall–Kier alpha value is -2.73. The summed E-state index contributed by atoms with van der Waals surface area (Å²) in [7, 11) is 3.66. The summed E-state index contributed by atoms with van der Waals surface area (Å²) in [5.74, 6) is 2.72. The van der Waals surface area contributed by atoms with E-state index >= 15 is 0 Å². The van der Waals surface area contributed by atoms with Crippen LogP contribution in [0, 0.1) is 0 Å². The first-order valence-electron chi connectivity index (χ1n) is 8.61. The molecule has 0 N–H and O–H groups in total. The number of rotatable bonds is 5. The van der Waals surface area contributed by atoms with Crippen molar-refractivity contribution in [1.82, 2.24) is 4.90 Å². The summed E-state index contributed by atoms with van der Waals surface area (Å²) in [4.78, 5) is 14.7. The highest BCUT2D eigenvalue weighted by Gasteiger charge is 2.34.